The zero-order chi connectivity index (χ0) is 9.40. The van der Waals surface area contributed by atoms with E-state index in [0.29, 0.717) is 10.5 Å². The smallest absolute Gasteiger partial charge is 0.119 e. The van der Waals surface area contributed by atoms with Crippen LogP contribution in [0, 0.1) is 0 Å². The van der Waals surface area contributed by atoms with Crippen LogP contribution in [0.4, 0.5) is 0 Å². The lowest BCUT2D eigenvalue weighted by Crippen LogP contribution is -2.29. The van der Waals surface area contributed by atoms with Gasteiger partial charge in [0.1, 0.15) is 6.29 Å². The Kier molecular flexibility index (Phi) is 8.22. The van der Waals surface area contributed by atoms with Crippen LogP contribution < -0.4 is 0 Å². The van der Waals surface area contributed by atoms with Crippen molar-refractivity contribution in [1.82, 2.24) is 4.90 Å². The van der Waals surface area contributed by atoms with E-state index in [1.54, 1.807) is 0 Å². The maximum atomic E-state index is 10.0. The summed E-state index contributed by atoms with van der Waals surface area (Å²) in [5, 5.41) is 0. The maximum Gasteiger partial charge on any atom is 0.119 e. The van der Waals surface area contributed by atoms with Crippen LogP contribution >= 0.6 is 22.6 Å². The lowest BCUT2D eigenvalue weighted by molar-refractivity contribution is -0.107. The van der Waals surface area contributed by atoms with Gasteiger partial charge in [0.25, 0.3) is 0 Å². The molecule has 1 atom stereocenters. The Labute approximate surface area is 88.8 Å². The summed E-state index contributed by atoms with van der Waals surface area (Å²) in [6.07, 6.45) is 3.89. The Morgan fingerprint density at radius 1 is 1.50 bits per heavy atom. The number of nitrogens with zero attached hydrogens (tertiary/aromatic N) is 1. The molecule has 0 radical (unpaired) electrons. The summed E-state index contributed by atoms with van der Waals surface area (Å²) < 4.78 is 0.601. The molecule has 0 aromatic carbocycles. The Hall–Kier alpha value is 0.360. The van der Waals surface area contributed by atoms with Crippen LogP contribution in [0.3, 0.4) is 0 Å². The molecule has 0 aromatic rings. The predicted molar refractivity (Wildman–Crippen MR) is 60.6 cm³/mol. The largest absolute Gasteiger partial charge is 0.303 e. The Balaban J connectivity index is 3.38. The highest BCUT2D eigenvalue weighted by atomic mass is 127. The third kappa shape index (κ3) is 5.94. The van der Waals surface area contributed by atoms with E-state index in [2.05, 4.69) is 41.3 Å². The molecule has 0 fully saturated rings. The molecule has 0 aromatic heterocycles. The van der Waals surface area contributed by atoms with Crippen molar-refractivity contribution in [3.8, 4) is 0 Å². The quantitative estimate of drug-likeness (QED) is 0.235. The number of unbranched alkanes of at least 4 members (excludes halogenated alkanes) is 2. The number of halogens is 1. The fourth-order valence-corrected chi connectivity index (χ4v) is 1.80. The van der Waals surface area contributed by atoms with Crippen molar-refractivity contribution in [2.24, 2.45) is 0 Å². The average molecular weight is 283 g/mol. The molecule has 0 rings (SSSR count). The van der Waals surface area contributed by atoms with Crippen LogP contribution in [0.2, 0.25) is 0 Å². The number of carbonyl (C=O) groups is 1. The van der Waals surface area contributed by atoms with Crippen molar-refractivity contribution in [1.29, 1.82) is 0 Å². The van der Waals surface area contributed by atoms with Gasteiger partial charge in [0.05, 0.1) is 4.05 Å². The van der Waals surface area contributed by atoms with E-state index in [4.69, 9.17) is 0 Å². The molecule has 0 bridgehead atoms. The fraction of sp³-hybridized carbons (Fsp3) is 0.889. The van der Waals surface area contributed by atoms with Crippen LogP contribution in [0.15, 0.2) is 0 Å². The zero-order valence-electron chi connectivity index (χ0n) is 7.92. The molecule has 0 aliphatic heterocycles. The number of alkyl halides is 1. The summed E-state index contributed by atoms with van der Waals surface area (Å²) in [6, 6.07) is 0. The van der Waals surface area contributed by atoms with Crippen molar-refractivity contribution in [2.45, 2.75) is 37.2 Å². The van der Waals surface area contributed by atoms with Crippen LogP contribution in [-0.2, 0) is 4.79 Å². The Morgan fingerprint density at radius 2 is 2.17 bits per heavy atom. The second-order valence-corrected chi connectivity index (χ2v) is 4.67. The van der Waals surface area contributed by atoms with Gasteiger partial charge in [-0.3, -0.25) is 4.90 Å². The Morgan fingerprint density at radius 3 is 2.58 bits per heavy atom. The molecule has 0 heterocycles. The molecule has 0 spiro atoms. The van der Waals surface area contributed by atoms with Crippen molar-refractivity contribution < 1.29 is 4.79 Å². The van der Waals surface area contributed by atoms with Crippen LogP contribution in [0.5, 0.6) is 0 Å². The second-order valence-electron chi connectivity index (χ2n) is 2.87. The lowest BCUT2D eigenvalue weighted by atomic mass is 10.2. The summed E-state index contributed by atoms with van der Waals surface area (Å²) in [7, 11) is 0. The standard InChI is InChI=1S/C9H18INO/c1-3-11(9(2)10)7-5-4-6-8-12/h8-9H,3-7H2,1-2H3. The molecule has 0 amide bonds. The average Bonchev–Trinajstić information content (AvgIpc) is 2.04. The second kappa shape index (κ2) is 7.98. The number of rotatable bonds is 7. The lowest BCUT2D eigenvalue weighted by Gasteiger charge is -2.22. The van der Waals surface area contributed by atoms with E-state index in [1.165, 1.54) is 0 Å². The SMILES string of the molecule is CCN(CCCCC=O)C(C)I. The van der Waals surface area contributed by atoms with Crippen molar-refractivity contribution in [2.75, 3.05) is 13.1 Å². The summed E-state index contributed by atoms with van der Waals surface area (Å²) in [5.74, 6) is 0. The van der Waals surface area contributed by atoms with E-state index < -0.39 is 0 Å². The molecule has 12 heavy (non-hydrogen) atoms. The van der Waals surface area contributed by atoms with E-state index >= 15 is 0 Å². The molecule has 3 heteroatoms. The monoisotopic (exact) mass is 283 g/mol. The normalized spacial score (nSPS) is 13.3. The van der Waals surface area contributed by atoms with Crippen molar-refractivity contribution in [3.05, 3.63) is 0 Å². The highest BCUT2D eigenvalue weighted by Crippen LogP contribution is 2.08. The first-order chi connectivity index (χ1) is 5.72. The minimum Gasteiger partial charge on any atom is -0.303 e. The van der Waals surface area contributed by atoms with E-state index in [0.717, 1.165) is 32.2 Å². The molecule has 72 valence electrons. The van der Waals surface area contributed by atoms with E-state index in [9.17, 15) is 4.79 Å². The fourth-order valence-electron chi connectivity index (χ4n) is 1.13. The first-order valence-corrected chi connectivity index (χ1v) is 5.78. The number of carbonyl (C=O) groups excluding carboxylic acids is 1. The van der Waals surface area contributed by atoms with Gasteiger partial charge in [-0.1, -0.05) is 29.5 Å². The van der Waals surface area contributed by atoms with Gasteiger partial charge >= 0.3 is 0 Å². The molecular weight excluding hydrogens is 265 g/mol. The Bertz CT molecular complexity index is 117. The first kappa shape index (κ1) is 12.4. The highest BCUT2D eigenvalue weighted by molar-refractivity contribution is 14.1. The van der Waals surface area contributed by atoms with Gasteiger partial charge in [0, 0.05) is 6.42 Å². The summed E-state index contributed by atoms with van der Waals surface area (Å²) >= 11 is 2.42. The van der Waals surface area contributed by atoms with Gasteiger partial charge in [0.2, 0.25) is 0 Å². The molecular formula is C9H18INO. The number of hydrogen-bond acceptors (Lipinski definition) is 2. The molecule has 0 aliphatic rings. The van der Waals surface area contributed by atoms with Gasteiger partial charge in [-0.2, -0.15) is 0 Å². The van der Waals surface area contributed by atoms with E-state index in [-0.39, 0.29) is 0 Å². The van der Waals surface area contributed by atoms with Gasteiger partial charge in [-0.25, -0.2) is 0 Å². The van der Waals surface area contributed by atoms with Crippen LogP contribution in [0.1, 0.15) is 33.1 Å². The summed E-state index contributed by atoms with van der Waals surface area (Å²) in [6.45, 7) is 6.60. The van der Waals surface area contributed by atoms with Gasteiger partial charge in [-0.05, 0) is 32.9 Å². The third-order valence-corrected chi connectivity index (χ3v) is 2.71. The predicted octanol–water partition coefficient (Wildman–Crippen LogP) is 2.46. The zero-order valence-corrected chi connectivity index (χ0v) is 10.1. The van der Waals surface area contributed by atoms with Crippen molar-refractivity contribution in [3.63, 3.8) is 0 Å². The molecule has 2 nitrogen and oxygen atoms in total. The van der Waals surface area contributed by atoms with Gasteiger partial charge < -0.3 is 4.79 Å². The van der Waals surface area contributed by atoms with Gasteiger partial charge in [-0.15, -0.1) is 0 Å². The summed E-state index contributed by atoms with van der Waals surface area (Å²) in [5.41, 5.74) is 0. The van der Waals surface area contributed by atoms with Crippen molar-refractivity contribution >= 4 is 28.9 Å². The third-order valence-electron chi connectivity index (χ3n) is 1.93. The van der Waals surface area contributed by atoms with Gasteiger partial charge in [0.15, 0.2) is 0 Å². The molecule has 0 N–H and O–H groups in total. The maximum absolute atomic E-state index is 10.0. The highest BCUT2D eigenvalue weighted by Gasteiger charge is 2.06. The van der Waals surface area contributed by atoms with Crippen LogP contribution in [-0.4, -0.2) is 28.3 Å². The topological polar surface area (TPSA) is 20.3 Å². The number of hydrogen-bond donors (Lipinski definition) is 0. The molecule has 1 unspecified atom stereocenters. The van der Waals surface area contributed by atoms with Crippen LogP contribution in [0.25, 0.3) is 0 Å². The summed E-state index contributed by atoms with van der Waals surface area (Å²) in [4.78, 5) is 12.4. The molecule has 0 saturated heterocycles. The molecule has 0 saturated carbocycles. The number of aldehydes is 1. The minimum atomic E-state index is 0.601. The minimum absolute atomic E-state index is 0.601. The van der Waals surface area contributed by atoms with E-state index in [1.807, 2.05) is 0 Å². The molecule has 0 aliphatic carbocycles. The first-order valence-electron chi connectivity index (χ1n) is 4.54.